The van der Waals surface area contributed by atoms with Crippen molar-refractivity contribution in [3.8, 4) is 11.5 Å². The van der Waals surface area contributed by atoms with Gasteiger partial charge in [0.15, 0.2) is 4.67 Å². The lowest BCUT2D eigenvalue weighted by Gasteiger charge is -2.22. The first-order valence-corrected chi connectivity index (χ1v) is 11.0. The average Bonchev–Trinajstić information content (AvgIpc) is 2.90. The fourth-order valence-corrected chi connectivity index (χ4v) is 4.10. The normalized spacial score (nSPS) is 13.2. The summed E-state index contributed by atoms with van der Waals surface area (Å²) in [6.07, 6.45) is 4.66. The van der Waals surface area contributed by atoms with E-state index in [1.165, 1.54) is 19.3 Å². The van der Waals surface area contributed by atoms with E-state index in [0.717, 1.165) is 28.1 Å². The van der Waals surface area contributed by atoms with E-state index in [4.69, 9.17) is 21.0 Å². The first-order valence-electron chi connectivity index (χ1n) is 8.83. The predicted molar refractivity (Wildman–Crippen MR) is 114 cm³/mol. The number of oxazole rings is 1. The zero-order valence-electron chi connectivity index (χ0n) is 15.4. The van der Waals surface area contributed by atoms with E-state index < -0.39 is 0 Å². The molecule has 0 aliphatic carbocycles. The molecule has 1 heterocycles. The van der Waals surface area contributed by atoms with Gasteiger partial charge in [-0.25, -0.2) is 4.98 Å². The van der Waals surface area contributed by atoms with Crippen LogP contribution in [0, 0.1) is 5.92 Å². The topological polar surface area (TPSA) is 26.0 Å². The van der Waals surface area contributed by atoms with E-state index in [1.54, 1.807) is 0 Å². The molecule has 0 saturated heterocycles. The molecule has 0 bridgehead atoms. The van der Waals surface area contributed by atoms with Crippen LogP contribution < -0.4 is 0 Å². The molecule has 1 atom stereocenters. The Kier molecular flexibility index (Phi) is 7.91. The number of nitrogens with zero attached hydrogens (tertiary/aromatic N) is 1. The Hall–Kier alpha value is -0.450. The number of rotatable bonds is 8. The fourth-order valence-electron chi connectivity index (χ4n) is 2.55. The summed E-state index contributed by atoms with van der Waals surface area (Å²) in [5.74, 6) is 2.42. The van der Waals surface area contributed by atoms with Gasteiger partial charge < -0.3 is 4.42 Å². The Balaban J connectivity index is 2.11. The van der Waals surface area contributed by atoms with Crippen molar-refractivity contribution in [3.05, 3.63) is 39.7 Å². The molecular formula is C20H27BrClNOS. The fraction of sp³-hybridized carbons (Fsp3) is 0.550. The van der Waals surface area contributed by atoms with Crippen molar-refractivity contribution in [2.24, 2.45) is 5.92 Å². The van der Waals surface area contributed by atoms with Crippen LogP contribution in [0.2, 0.25) is 5.02 Å². The van der Waals surface area contributed by atoms with E-state index in [0.29, 0.717) is 21.6 Å². The lowest BCUT2D eigenvalue weighted by atomic mass is 9.99. The maximum Gasteiger partial charge on any atom is 0.227 e. The van der Waals surface area contributed by atoms with Gasteiger partial charge in [-0.2, -0.15) is 11.8 Å². The zero-order valence-corrected chi connectivity index (χ0v) is 18.6. The molecule has 0 fully saturated rings. The van der Waals surface area contributed by atoms with Crippen LogP contribution in [0.1, 0.15) is 52.7 Å². The average molecular weight is 445 g/mol. The standard InChI is InChI=1S/C20H27BrClNOS/c1-5-6-7-14(13-25-20(2,3)4)12-17-18(21)24-19(23-17)15-8-10-16(22)11-9-15/h8-11,14H,5-7,12-13H2,1-4H3. The summed E-state index contributed by atoms with van der Waals surface area (Å²) in [6, 6.07) is 7.60. The van der Waals surface area contributed by atoms with Crippen molar-refractivity contribution in [2.45, 2.75) is 58.1 Å². The predicted octanol–water partition coefficient (Wildman–Crippen LogP) is 7.64. The van der Waals surface area contributed by atoms with Crippen molar-refractivity contribution >= 4 is 39.3 Å². The summed E-state index contributed by atoms with van der Waals surface area (Å²) in [5.41, 5.74) is 1.96. The van der Waals surface area contributed by atoms with Crippen molar-refractivity contribution < 1.29 is 4.42 Å². The quantitative estimate of drug-likeness (QED) is 0.418. The number of halogens is 2. The highest BCUT2D eigenvalue weighted by atomic mass is 79.9. The molecule has 5 heteroatoms. The van der Waals surface area contributed by atoms with Gasteiger partial charge in [0.25, 0.3) is 0 Å². The molecular weight excluding hydrogens is 418 g/mol. The number of hydrogen-bond donors (Lipinski definition) is 0. The van der Waals surface area contributed by atoms with E-state index in [9.17, 15) is 0 Å². The number of thioether (sulfide) groups is 1. The van der Waals surface area contributed by atoms with Gasteiger partial charge >= 0.3 is 0 Å². The van der Waals surface area contributed by atoms with Crippen LogP contribution in [-0.2, 0) is 6.42 Å². The summed E-state index contributed by atoms with van der Waals surface area (Å²) < 4.78 is 6.89. The minimum Gasteiger partial charge on any atom is -0.429 e. The molecule has 0 aliphatic heterocycles. The third kappa shape index (κ3) is 6.99. The second kappa shape index (κ2) is 9.48. The van der Waals surface area contributed by atoms with Crippen LogP contribution in [0.4, 0.5) is 0 Å². The zero-order chi connectivity index (χ0) is 18.4. The maximum absolute atomic E-state index is 5.96. The smallest absolute Gasteiger partial charge is 0.227 e. The summed E-state index contributed by atoms with van der Waals surface area (Å²) in [7, 11) is 0. The van der Waals surface area contributed by atoms with Crippen LogP contribution in [0.25, 0.3) is 11.5 Å². The van der Waals surface area contributed by atoms with Crippen molar-refractivity contribution in [1.82, 2.24) is 4.98 Å². The van der Waals surface area contributed by atoms with Gasteiger partial charge in [0.05, 0.1) is 5.69 Å². The van der Waals surface area contributed by atoms with Gasteiger partial charge in [-0.3, -0.25) is 0 Å². The Morgan fingerprint density at radius 3 is 2.52 bits per heavy atom. The molecule has 1 aromatic carbocycles. The number of unbranched alkanes of at least 4 members (excludes halogenated alkanes) is 1. The van der Waals surface area contributed by atoms with Crippen LogP contribution >= 0.6 is 39.3 Å². The lowest BCUT2D eigenvalue weighted by Crippen LogP contribution is -2.15. The van der Waals surface area contributed by atoms with E-state index in [-0.39, 0.29) is 0 Å². The van der Waals surface area contributed by atoms with E-state index in [1.807, 2.05) is 36.0 Å². The van der Waals surface area contributed by atoms with Gasteiger partial charge in [0, 0.05) is 15.3 Å². The third-order valence-electron chi connectivity index (χ3n) is 3.94. The SMILES string of the molecule is CCCCC(CSC(C)(C)C)Cc1nc(-c2ccc(Cl)cc2)oc1Br. The summed E-state index contributed by atoms with van der Waals surface area (Å²) in [4.78, 5) is 4.74. The summed E-state index contributed by atoms with van der Waals surface area (Å²) >= 11 is 11.5. The second-order valence-corrected chi connectivity index (χ2v) is 10.4. The third-order valence-corrected chi connectivity index (χ3v) is 6.32. The van der Waals surface area contributed by atoms with Crippen LogP contribution in [0.5, 0.6) is 0 Å². The second-order valence-electron chi connectivity index (χ2n) is 7.38. The van der Waals surface area contributed by atoms with Crippen LogP contribution in [0.15, 0.2) is 33.4 Å². The van der Waals surface area contributed by atoms with Crippen LogP contribution in [0.3, 0.4) is 0 Å². The van der Waals surface area contributed by atoms with E-state index >= 15 is 0 Å². The monoisotopic (exact) mass is 443 g/mol. The molecule has 25 heavy (non-hydrogen) atoms. The van der Waals surface area contributed by atoms with Crippen molar-refractivity contribution in [3.63, 3.8) is 0 Å². The molecule has 0 aliphatic rings. The molecule has 0 N–H and O–H groups in total. The van der Waals surface area contributed by atoms with Crippen molar-refractivity contribution in [1.29, 1.82) is 0 Å². The minimum atomic E-state index is 0.292. The molecule has 0 saturated carbocycles. The Labute approximate surface area is 169 Å². The summed E-state index contributed by atoms with van der Waals surface area (Å²) in [6.45, 7) is 9.08. The number of aromatic nitrogens is 1. The molecule has 0 amide bonds. The van der Waals surface area contributed by atoms with Gasteiger partial charge in [-0.1, -0.05) is 52.1 Å². The first kappa shape index (κ1) is 20.9. The largest absolute Gasteiger partial charge is 0.429 e. The molecule has 2 aromatic rings. The lowest BCUT2D eigenvalue weighted by molar-refractivity contribution is 0.497. The van der Waals surface area contributed by atoms with Crippen molar-refractivity contribution in [2.75, 3.05) is 5.75 Å². The highest BCUT2D eigenvalue weighted by Crippen LogP contribution is 2.32. The highest BCUT2D eigenvalue weighted by molar-refractivity contribution is 9.10. The highest BCUT2D eigenvalue weighted by Gasteiger charge is 2.20. The first-order chi connectivity index (χ1) is 11.8. The maximum atomic E-state index is 5.96. The minimum absolute atomic E-state index is 0.292. The number of hydrogen-bond acceptors (Lipinski definition) is 3. The molecule has 138 valence electrons. The van der Waals surface area contributed by atoms with Crippen LogP contribution in [-0.4, -0.2) is 15.5 Å². The summed E-state index contributed by atoms with van der Waals surface area (Å²) in [5, 5.41) is 0.716. The van der Waals surface area contributed by atoms with E-state index in [2.05, 4.69) is 43.6 Å². The Bertz CT molecular complexity index is 663. The van der Waals surface area contributed by atoms with Gasteiger partial charge in [-0.15, -0.1) is 0 Å². The van der Waals surface area contributed by atoms with Gasteiger partial charge in [0.1, 0.15) is 0 Å². The number of benzene rings is 1. The van der Waals surface area contributed by atoms with Gasteiger partial charge in [-0.05, 0) is 64.7 Å². The molecule has 2 nitrogen and oxygen atoms in total. The molecule has 1 aromatic heterocycles. The Morgan fingerprint density at radius 2 is 1.92 bits per heavy atom. The molecule has 1 unspecified atom stereocenters. The molecule has 0 spiro atoms. The van der Waals surface area contributed by atoms with Gasteiger partial charge in [0.2, 0.25) is 5.89 Å². The molecule has 2 rings (SSSR count). The molecule has 0 radical (unpaired) electrons. The Morgan fingerprint density at radius 1 is 1.24 bits per heavy atom.